The minimum Gasteiger partial charge on any atom is -0.507 e. The van der Waals surface area contributed by atoms with E-state index in [1.807, 2.05) is 31.4 Å². The molecular formula is C24H20ClNO4S. The highest BCUT2D eigenvalue weighted by molar-refractivity contribution is 7.10. The molecule has 3 aromatic rings. The second-order valence-electron chi connectivity index (χ2n) is 7.35. The Morgan fingerprint density at radius 1 is 1.06 bits per heavy atom. The Kier molecular flexibility index (Phi) is 5.85. The van der Waals surface area contributed by atoms with E-state index in [2.05, 4.69) is 0 Å². The number of halogens is 1. The summed E-state index contributed by atoms with van der Waals surface area (Å²) in [6.45, 7) is 3.85. The van der Waals surface area contributed by atoms with Gasteiger partial charge >= 0.3 is 0 Å². The van der Waals surface area contributed by atoms with E-state index >= 15 is 0 Å². The number of hydrogen-bond acceptors (Lipinski definition) is 5. The van der Waals surface area contributed by atoms with Crippen LogP contribution in [0.25, 0.3) is 5.76 Å². The number of amides is 1. The van der Waals surface area contributed by atoms with Crippen molar-refractivity contribution in [1.29, 1.82) is 0 Å². The Morgan fingerprint density at radius 3 is 2.32 bits per heavy atom. The van der Waals surface area contributed by atoms with Gasteiger partial charge in [-0.1, -0.05) is 17.7 Å². The fourth-order valence-corrected chi connectivity index (χ4v) is 4.49. The predicted octanol–water partition coefficient (Wildman–Crippen LogP) is 5.82. The Labute approximate surface area is 189 Å². The summed E-state index contributed by atoms with van der Waals surface area (Å²) in [6, 6.07) is 16.5. The first-order chi connectivity index (χ1) is 14.9. The molecule has 2 heterocycles. The zero-order chi connectivity index (χ0) is 22.1. The molecule has 7 heteroatoms. The number of anilines is 1. The quantitative estimate of drug-likeness (QED) is 0.300. The van der Waals surface area contributed by atoms with E-state index in [0.717, 1.165) is 4.88 Å². The fraction of sp³-hybridized carbons (Fsp3) is 0.167. The van der Waals surface area contributed by atoms with Crippen LogP contribution in [-0.4, -0.2) is 22.9 Å². The summed E-state index contributed by atoms with van der Waals surface area (Å²) in [5, 5.41) is 13.5. The van der Waals surface area contributed by atoms with Gasteiger partial charge in [0.05, 0.1) is 11.7 Å². The number of aliphatic hydroxyl groups is 1. The predicted molar refractivity (Wildman–Crippen MR) is 123 cm³/mol. The van der Waals surface area contributed by atoms with Gasteiger partial charge in [0.25, 0.3) is 11.7 Å². The molecule has 0 radical (unpaired) electrons. The lowest BCUT2D eigenvalue weighted by Gasteiger charge is -2.24. The maximum Gasteiger partial charge on any atom is 0.300 e. The Hall–Kier alpha value is -3.09. The molecule has 158 valence electrons. The molecule has 0 bridgehead atoms. The van der Waals surface area contributed by atoms with Crippen molar-refractivity contribution in [2.24, 2.45) is 0 Å². The van der Waals surface area contributed by atoms with Crippen molar-refractivity contribution in [3.05, 3.63) is 87.1 Å². The molecule has 1 unspecified atom stereocenters. The van der Waals surface area contributed by atoms with Gasteiger partial charge < -0.3 is 9.84 Å². The standard InChI is InChI=1S/C24H20ClNO4S/c1-14(2)30-18-11-5-15(6-12-18)22(27)20-21(19-4-3-13-31-19)26(24(29)23(20)28)17-9-7-16(25)8-10-17/h3-14,21,27H,1-2H3/b22-20-. The fourth-order valence-electron chi connectivity index (χ4n) is 3.54. The Balaban J connectivity index is 1.82. The summed E-state index contributed by atoms with van der Waals surface area (Å²) in [4.78, 5) is 28.2. The lowest BCUT2D eigenvalue weighted by atomic mass is 9.99. The smallest absolute Gasteiger partial charge is 0.300 e. The average Bonchev–Trinajstić information content (AvgIpc) is 3.36. The SMILES string of the molecule is CC(C)Oc1ccc(/C(O)=C2/C(=O)C(=O)N(c3ccc(Cl)cc3)C2c2cccs2)cc1. The van der Waals surface area contributed by atoms with E-state index in [1.165, 1.54) is 16.2 Å². The number of rotatable bonds is 5. The molecule has 1 saturated heterocycles. The molecule has 1 amide bonds. The Morgan fingerprint density at radius 2 is 1.74 bits per heavy atom. The number of aliphatic hydroxyl groups excluding tert-OH is 1. The highest BCUT2D eigenvalue weighted by atomic mass is 35.5. The minimum atomic E-state index is -0.729. The molecule has 0 spiro atoms. The van der Waals surface area contributed by atoms with Crippen LogP contribution in [0, 0.1) is 0 Å². The van der Waals surface area contributed by atoms with Crippen LogP contribution in [0.1, 0.15) is 30.3 Å². The molecule has 1 aromatic heterocycles. The monoisotopic (exact) mass is 453 g/mol. The van der Waals surface area contributed by atoms with Crippen LogP contribution < -0.4 is 9.64 Å². The number of ketones is 1. The minimum absolute atomic E-state index is 0.0166. The first-order valence-corrected chi connectivity index (χ1v) is 11.0. The van der Waals surface area contributed by atoms with Gasteiger partial charge in [0.1, 0.15) is 17.6 Å². The zero-order valence-corrected chi connectivity index (χ0v) is 18.5. The molecular weight excluding hydrogens is 434 g/mol. The lowest BCUT2D eigenvalue weighted by Crippen LogP contribution is -2.29. The molecule has 4 rings (SSSR count). The van der Waals surface area contributed by atoms with Crippen LogP contribution in [0.15, 0.2) is 71.6 Å². The van der Waals surface area contributed by atoms with Gasteiger partial charge in [-0.2, -0.15) is 0 Å². The van der Waals surface area contributed by atoms with E-state index in [-0.39, 0.29) is 17.4 Å². The summed E-state index contributed by atoms with van der Waals surface area (Å²) < 4.78 is 5.64. The number of benzene rings is 2. The van der Waals surface area contributed by atoms with Gasteiger partial charge in [0, 0.05) is 21.2 Å². The summed E-state index contributed by atoms with van der Waals surface area (Å²) in [7, 11) is 0. The van der Waals surface area contributed by atoms with Crippen molar-refractivity contribution in [1.82, 2.24) is 0 Å². The van der Waals surface area contributed by atoms with Crippen molar-refractivity contribution >= 4 is 46.1 Å². The molecule has 1 aliphatic rings. The van der Waals surface area contributed by atoms with Gasteiger partial charge in [0.2, 0.25) is 0 Å². The third kappa shape index (κ3) is 4.09. The Bertz CT molecular complexity index is 1140. The van der Waals surface area contributed by atoms with Crippen LogP contribution >= 0.6 is 22.9 Å². The second-order valence-corrected chi connectivity index (χ2v) is 8.77. The van der Waals surface area contributed by atoms with Crippen molar-refractivity contribution in [3.63, 3.8) is 0 Å². The third-order valence-corrected chi connectivity index (χ3v) is 6.04. The first kappa shape index (κ1) is 21.2. The molecule has 1 N–H and O–H groups in total. The average molecular weight is 454 g/mol. The largest absolute Gasteiger partial charge is 0.507 e. The van der Waals surface area contributed by atoms with E-state index in [1.54, 1.807) is 48.5 Å². The summed E-state index contributed by atoms with van der Waals surface area (Å²) in [5.41, 5.74) is 1.02. The normalized spacial score (nSPS) is 18.1. The summed E-state index contributed by atoms with van der Waals surface area (Å²) in [6.07, 6.45) is 0.0166. The second kappa shape index (κ2) is 8.57. The van der Waals surface area contributed by atoms with Gasteiger partial charge in [-0.25, -0.2) is 0 Å². The van der Waals surface area contributed by atoms with E-state index in [4.69, 9.17) is 16.3 Å². The van der Waals surface area contributed by atoms with E-state index < -0.39 is 17.7 Å². The van der Waals surface area contributed by atoms with E-state index in [0.29, 0.717) is 22.0 Å². The maximum atomic E-state index is 13.0. The van der Waals surface area contributed by atoms with Crippen molar-refractivity contribution in [2.45, 2.75) is 26.0 Å². The molecule has 0 aliphatic carbocycles. The molecule has 31 heavy (non-hydrogen) atoms. The number of Topliss-reactive ketones (excluding diaryl/α,β-unsaturated/α-hetero) is 1. The zero-order valence-electron chi connectivity index (χ0n) is 16.9. The number of nitrogens with zero attached hydrogens (tertiary/aromatic N) is 1. The summed E-state index contributed by atoms with van der Waals surface area (Å²) >= 11 is 7.41. The van der Waals surface area contributed by atoms with Gasteiger partial charge in [-0.3, -0.25) is 14.5 Å². The third-order valence-electron chi connectivity index (χ3n) is 4.86. The highest BCUT2D eigenvalue weighted by Gasteiger charge is 2.47. The molecule has 5 nitrogen and oxygen atoms in total. The van der Waals surface area contributed by atoms with Crippen molar-refractivity contribution in [2.75, 3.05) is 4.90 Å². The molecule has 1 fully saturated rings. The maximum absolute atomic E-state index is 13.0. The number of ether oxygens (including phenoxy) is 1. The first-order valence-electron chi connectivity index (χ1n) is 9.74. The van der Waals surface area contributed by atoms with Gasteiger partial charge in [-0.15, -0.1) is 11.3 Å². The van der Waals surface area contributed by atoms with Gasteiger partial charge in [-0.05, 0) is 73.8 Å². The van der Waals surface area contributed by atoms with Crippen LogP contribution in [0.2, 0.25) is 5.02 Å². The topological polar surface area (TPSA) is 66.8 Å². The van der Waals surface area contributed by atoms with Crippen molar-refractivity contribution in [3.8, 4) is 5.75 Å². The number of carbonyl (C=O) groups excluding carboxylic acids is 2. The lowest BCUT2D eigenvalue weighted by molar-refractivity contribution is -0.132. The van der Waals surface area contributed by atoms with Crippen LogP contribution in [-0.2, 0) is 9.59 Å². The van der Waals surface area contributed by atoms with Gasteiger partial charge in [0.15, 0.2) is 0 Å². The molecule has 1 atom stereocenters. The molecule has 0 saturated carbocycles. The highest BCUT2D eigenvalue weighted by Crippen LogP contribution is 2.43. The molecule has 1 aliphatic heterocycles. The number of thiophene rings is 1. The number of hydrogen-bond donors (Lipinski definition) is 1. The van der Waals surface area contributed by atoms with Crippen LogP contribution in [0.5, 0.6) is 5.75 Å². The number of carbonyl (C=O) groups is 2. The summed E-state index contributed by atoms with van der Waals surface area (Å²) in [5.74, 6) is -0.984. The van der Waals surface area contributed by atoms with Crippen LogP contribution in [0.4, 0.5) is 5.69 Å². The van der Waals surface area contributed by atoms with Crippen LogP contribution in [0.3, 0.4) is 0 Å². The molecule has 2 aromatic carbocycles. The van der Waals surface area contributed by atoms with Crippen molar-refractivity contribution < 1.29 is 19.4 Å². The van der Waals surface area contributed by atoms with E-state index in [9.17, 15) is 14.7 Å².